The third kappa shape index (κ3) is 1.65. The van der Waals surface area contributed by atoms with E-state index >= 15 is 0 Å². The molecule has 0 spiro atoms. The highest BCUT2D eigenvalue weighted by Crippen LogP contribution is 2.21. The Hall–Kier alpha value is -1.29. The molecule has 1 heterocycles. The fraction of sp³-hybridized carbons (Fsp3) is 0.364. The van der Waals surface area contributed by atoms with E-state index in [1.807, 2.05) is 32.9 Å². The van der Waals surface area contributed by atoms with E-state index in [1.54, 1.807) is 6.20 Å². The van der Waals surface area contributed by atoms with Crippen molar-refractivity contribution in [3.63, 3.8) is 0 Å². The van der Waals surface area contributed by atoms with Crippen molar-refractivity contribution < 1.29 is 0 Å². The average Bonchev–Trinajstić information content (AvgIpc) is 2.05. The topological polar surface area (TPSA) is 12.9 Å². The van der Waals surface area contributed by atoms with Crippen LogP contribution in [0, 0.1) is 19.3 Å². The number of aryl methyl sites for hydroxylation is 1. The van der Waals surface area contributed by atoms with Gasteiger partial charge in [-0.1, -0.05) is 5.92 Å². The van der Waals surface area contributed by atoms with Gasteiger partial charge in [0.1, 0.15) is 0 Å². The summed E-state index contributed by atoms with van der Waals surface area (Å²) in [6.45, 7) is 6.03. The van der Waals surface area contributed by atoms with E-state index in [1.165, 1.54) is 0 Å². The summed E-state index contributed by atoms with van der Waals surface area (Å²) in [5, 5.41) is 0. The van der Waals surface area contributed by atoms with Gasteiger partial charge in [0.15, 0.2) is 0 Å². The second kappa shape index (κ2) is 2.98. The molecule has 62 valence electrons. The molecule has 0 atom stereocenters. The molecule has 0 saturated heterocycles. The Kier molecular flexibility index (Phi) is 2.19. The van der Waals surface area contributed by atoms with Gasteiger partial charge in [-0.2, -0.15) is 0 Å². The van der Waals surface area contributed by atoms with Crippen LogP contribution in [-0.4, -0.2) is 4.98 Å². The molecule has 1 rings (SSSR count). The second-order valence-electron chi connectivity index (χ2n) is 3.46. The molecule has 0 N–H and O–H groups in total. The zero-order valence-corrected chi connectivity index (χ0v) is 7.76. The number of hydrogen-bond acceptors (Lipinski definition) is 1. The molecule has 1 heteroatoms. The lowest BCUT2D eigenvalue weighted by Crippen LogP contribution is -2.13. The minimum absolute atomic E-state index is 0.187. The smallest absolute Gasteiger partial charge is 0.0505 e. The zero-order valence-electron chi connectivity index (χ0n) is 7.76. The van der Waals surface area contributed by atoms with Gasteiger partial charge in [-0.25, -0.2) is 0 Å². The Labute approximate surface area is 73.8 Å². The van der Waals surface area contributed by atoms with Crippen LogP contribution in [-0.2, 0) is 5.41 Å². The molecule has 0 fully saturated rings. The fourth-order valence-corrected chi connectivity index (χ4v) is 1.02. The first-order valence-electron chi connectivity index (χ1n) is 3.97. The average molecular weight is 159 g/mol. The maximum absolute atomic E-state index is 5.42. The minimum Gasteiger partial charge on any atom is -0.262 e. The number of nitrogens with zero attached hydrogens (tertiary/aromatic N) is 1. The molecule has 0 aromatic carbocycles. The number of terminal acetylenes is 1. The lowest BCUT2D eigenvalue weighted by Gasteiger charge is -2.17. The molecule has 0 aliphatic carbocycles. The van der Waals surface area contributed by atoms with E-state index in [0.717, 1.165) is 11.3 Å². The van der Waals surface area contributed by atoms with E-state index in [2.05, 4.69) is 10.9 Å². The van der Waals surface area contributed by atoms with Crippen LogP contribution in [0.5, 0.6) is 0 Å². The Morgan fingerprint density at radius 3 is 2.67 bits per heavy atom. The monoisotopic (exact) mass is 159 g/mol. The molecule has 1 aromatic heterocycles. The van der Waals surface area contributed by atoms with Gasteiger partial charge in [0.25, 0.3) is 0 Å². The molecule has 0 bridgehead atoms. The summed E-state index contributed by atoms with van der Waals surface area (Å²) in [6, 6.07) is 3.99. The van der Waals surface area contributed by atoms with Crippen molar-refractivity contribution in [1.82, 2.24) is 4.98 Å². The van der Waals surface area contributed by atoms with Gasteiger partial charge in [0, 0.05) is 11.9 Å². The van der Waals surface area contributed by atoms with E-state index < -0.39 is 0 Å². The third-order valence-corrected chi connectivity index (χ3v) is 1.98. The van der Waals surface area contributed by atoms with Crippen LogP contribution in [0.3, 0.4) is 0 Å². The van der Waals surface area contributed by atoms with Crippen molar-refractivity contribution in [3.05, 3.63) is 29.6 Å². The molecule has 0 amide bonds. The third-order valence-electron chi connectivity index (χ3n) is 1.98. The van der Waals surface area contributed by atoms with Crippen LogP contribution in [0.1, 0.15) is 25.1 Å². The molecule has 12 heavy (non-hydrogen) atoms. The molecular formula is C11H13N. The van der Waals surface area contributed by atoms with Gasteiger partial charge < -0.3 is 0 Å². The number of hydrogen-bond donors (Lipinski definition) is 0. The number of rotatable bonds is 1. The highest BCUT2D eigenvalue weighted by molar-refractivity contribution is 5.31. The van der Waals surface area contributed by atoms with Crippen molar-refractivity contribution in [2.75, 3.05) is 0 Å². The Morgan fingerprint density at radius 2 is 2.17 bits per heavy atom. The maximum Gasteiger partial charge on any atom is 0.0505 e. The van der Waals surface area contributed by atoms with Crippen molar-refractivity contribution >= 4 is 0 Å². The number of pyridine rings is 1. The Balaban J connectivity index is 3.14. The normalized spacial score (nSPS) is 10.8. The fourth-order valence-electron chi connectivity index (χ4n) is 1.02. The predicted molar refractivity (Wildman–Crippen MR) is 50.8 cm³/mol. The van der Waals surface area contributed by atoms with Gasteiger partial charge in [-0.3, -0.25) is 4.98 Å². The minimum atomic E-state index is -0.187. The number of aromatic nitrogens is 1. The molecule has 1 aromatic rings. The molecule has 0 saturated carbocycles. The summed E-state index contributed by atoms with van der Waals surface area (Å²) < 4.78 is 0. The van der Waals surface area contributed by atoms with Crippen LogP contribution in [0.15, 0.2) is 18.3 Å². The largest absolute Gasteiger partial charge is 0.262 e. The second-order valence-corrected chi connectivity index (χ2v) is 3.46. The summed E-state index contributed by atoms with van der Waals surface area (Å²) >= 11 is 0. The van der Waals surface area contributed by atoms with Crippen LogP contribution in [0.2, 0.25) is 0 Å². The molecular weight excluding hydrogens is 146 g/mol. The lowest BCUT2D eigenvalue weighted by molar-refractivity contribution is 0.696. The SMILES string of the molecule is C#CC(C)(C)c1ccnc(C)c1. The zero-order chi connectivity index (χ0) is 9.19. The standard InChI is InChI=1S/C11H13N/c1-5-11(3,4)10-6-7-12-9(2)8-10/h1,6-8H,2-4H3. The molecule has 0 radical (unpaired) electrons. The highest BCUT2D eigenvalue weighted by Gasteiger charge is 2.16. The Bertz CT molecular complexity index is 318. The van der Waals surface area contributed by atoms with E-state index in [-0.39, 0.29) is 5.41 Å². The Morgan fingerprint density at radius 1 is 1.50 bits per heavy atom. The summed E-state index contributed by atoms with van der Waals surface area (Å²) in [5.74, 6) is 2.76. The van der Waals surface area contributed by atoms with E-state index in [0.29, 0.717) is 0 Å². The summed E-state index contributed by atoms with van der Waals surface area (Å²) in [5.41, 5.74) is 1.97. The molecule has 0 aliphatic heterocycles. The van der Waals surface area contributed by atoms with Gasteiger partial charge >= 0.3 is 0 Å². The lowest BCUT2D eigenvalue weighted by atomic mass is 9.86. The molecule has 0 aliphatic rings. The van der Waals surface area contributed by atoms with Crippen molar-refractivity contribution in [3.8, 4) is 12.3 Å². The van der Waals surface area contributed by atoms with Crippen LogP contribution in [0.4, 0.5) is 0 Å². The van der Waals surface area contributed by atoms with Crippen molar-refractivity contribution in [1.29, 1.82) is 0 Å². The molecule has 1 nitrogen and oxygen atoms in total. The highest BCUT2D eigenvalue weighted by atomic mass is 14.6. The van der Waals surface area contributed by atoms with Gasteiger partial charge in [0.05, 0.1) is 5.41 Å². The first-order chi connectivity index (χ1) is 5.56. The van der Waals surface area contributed by atoms with Gasteiger partial charge in [-0.05, 0) is 38.5 Å². The predicted octanol–water partition coefficient (Wildman–Crippen LogP) is 2.30. The van der Waals surface area contributed by atoms with Crippen molar-refractivity contribution in [2.45, 2.75) is 26.2 Å². The van der Waals surface area contributed by atoms with Crippen LogP contribution in [0.25, 0.3) is 0 Å². The van der Waals surface area contributed by atoms with Crippen LogP contribution < -0.4 is 0 Å². The van der Waals surface area contributed by atoms with Gasteiger partial charge in [0.2, 0.25) is 0 Å². The first kappa shape index (κ1) is 8.80. The van der Waals surface area contributed by atoms with E-state index in [4.69, 9.17) is 6.42 Å². The molecule has 0 unspecified atom stereocenters. The quantitative estimate of drug-likeness (QED) is 0.573. The van der Waals surface area contributed by atoms with Crippen molar-refractivity contribution in [2.24, 2.45) is 0 Å². The summed E-state index contributed by atoms with van der Waals surface area (Å²) in [6.07, 6.45) is 7.21. The summed E-state index contributed by atoms with van der Waals surface area (Å²) in [7, 11) is 0. The summed E-state index contributed by atoms with van der Waals surface area (Å²) in [4.78, 5) is 4.12. The van der Waals surface area contributed by atoms with E-state index in [9.17, 15) is 0 Å². The maximum atomic E-state index is 5.42. The van der Waals surface area contributed by atoms with Gasteiger partial charge in [-0.15, -0.1) is 6.42 Å². The first-order valence-corrected chi connectivity index (χ1v) is 3.97. The van der Waals surface area contributed by atoms with Crippen LogP contribution >= 0.6 is 0 Å².